The van der Waals surface area contributed by atoms with Crippen LogP contribution in [0, 0.1) is 62.2 Å². The molecule has 0 amide bonds. The van der Waals surface area contributed by atoms with Gasteiger partial charge in [-0.3, -0.25) is 0 Å². The van der Waals surface area contributed by atoms with E-state index in [0.717, 1.165) is 0 Å². The molecule has 15 heteroatoms. The molecule has 0 atom stereocenters. The van der Waals surface area contributed by atoms with E-state index in [0.29, 0.717) is 0 Å². The summed E-state index contributed by atoms with van der Waals surface area (Å²) in [5.41, 5.74) is 0. The molecule has 15 heavy (non-hydrogen) atoms. The van der Waals surface area contributed by atoms with Gasteiger partial charge < -0.3 is 60.2 Å². The Morgan fingerprint density at radius 3 is 0.200 bits per heavy atom. The fraction of sp³-hybridized carbons (Fsp3) is 0. The summed E-state index contributed by atoms with van der Waals surface area (Å²) >= 11 is 0. The number of hydrogen-bond donors (Lipinski definition) is 0. The Morgan fingerprint density at radius 1 is 0.200 bits per heavy atom. The van der Waals surface area contributed by atoms with Crippen LogP contribution in [0.15, 0.2) is 0 Å². The van der Waals surface area contributed by atoms with Crippen molar-refractivity contribution in [3.05, 3.63) is 0 Å². The number of rotatable bonds is 0. The summed E-state index contributed by atoms with van der Waals surface area (Å²) in [4.78, 5) is 0. The topological polar surface area (TPSA) is 314 Å². The van der Waals surface area contributed by atoms with Gasteiger partial charge in [-0.25, -0.2) is 0 Å². The van der Waals surface area contributed by atoms with Gasteiger partial charge in [-0.15, -0.1) is 0 Å². The van der Waals surface area contributed by atoms with Crippen LogP contribution in [-0.2, 0) is 97.3 Å². The van der Waals surface area contributed by atoms with Crippen LogP contribution in [0.4, 0.5) is 0 Å². The van der Waals surface area contributed by atoms with Crippen LogP contribution >= 0.6 is 0 Å². The predicted molar refractivity (Wildman–Crippen MR) is 7.55 cm³/mol. The molecule has 0 aromatic carbocycles. The molecule has 0 spiro atoms. The minimum Gasteiger partial charge on any atom is -2.00 e. The van der Waals surface area contributed by atoms with E-state index in [1.807, 2.05) is 0 Å². The third kappa shape index (κ3) is 462. The Balaban J connectivity index is 0. The van der Waals surface area contributed by atoms with Crippen molar-refractivity contribution in [3.63, 3.8) is 0 Å². The molecule has 0 aliphatic rings. The van der Waals surface area contributed by atoms with Gasteiger partial charge in [0.15, 0.2) is 0 Å². The second-order valence-electron chi connectivity index (χ2n) is 0. The molecule has 0 aliphatic heterocycles. The molecule has 0 saturated carbocycles. The summed E-state index contributed by atoms with van der Waals surface area (Å²) in [6.07, 6.45) is 0. The van der Waals surface area contributed by atoms with Gasteiger partial charge in [0.05, 0.1) is 0 Å². The van der Waals surface area contributed by atoms with Gasteiger partial charge in [-0.2, -0.15) is 0 Å². The minimum absolute atomic E-state index is 0. The molecule has 0 aromatic rings. The molecule has 11 nitrogen and oxygen atoms in total. The molecule has 0 bridgehead atoms. The molecule has 0 aliphatic carbocycles. The summed E-state index contributed by atoms with van der Waals surface area (Å²) in [5, 5.41) is 0. The zero-order chi connectivity index (χ0) is 0. The van der Waals surface area contributed by atoms with Gasteiger partial charge >= 0.3 is 99.3 Å². The zero-order valence-electron chi connectivity index (χ0n) is 6.39. The van der Waals surface area contributed by atoms with Crippen LogP contribution in [0.5, 0.6) is 0 Å². The average Bonchev–Trinajstić information content (AvgIpc) is 0. The van der Waals surface area contributed by atoms with E-state index in [2.05, 4.69) is 0 Å². The molecule has 0 aromatic heterocycles. The Hall–Kier alpha value is 2.83. The van der Waals surface area contributed by atoms with Crippen LogP contribution in [0.1, 0.15) is 0 Å². The molecule has 0 heterocycles. The van der Waals surface area contributed by atoms with Gasteiger partial charge in [0.25, 0.3) is 0 Å². The van der Waals surface area contributed by atoms with E-state index in [-0.39, 0.29) is 160 Å². The van der Waals surface area contributed by atoms with Crippen molar-refractivity contribution in [2.24, 2.45) is 0 Å². The second-order valence-corrected chi connectivity index (χ2v) is 0. The molecule has 0 unspecified atom stereocenters. The molecular formula is O11U2V2. The fourth-order valence-corrected chi connectivity index (χ4v) is 0. The molecule has 0 saturated heterocycles. The normalized spacial score (nSPS) is 0. The van der Waals surface area contributed by atoms with Crippen LogP contribution < -0.4 is 0 Å². The first-order valence-electron chi connectivity index (χ1n) is 0. The Kier molecular flexibility index (Phi) is 22100. The van der Waals surface area contributed by atoms with Crippen molar-refractivity contribution in [3.8, 4) is 0 Å². The van der Waals surface area contributed by atoms with E-state index in [4.69, 9.17) is 0 Å². The van der Waals surface area contributed by atoms with Gasteiger partial charge in [-0.1, -0.05) is 0 Å². The van der Waals surface area contributed by atoms with Gasteiger partial charge in [-0.05, 0) is 0 Å². The molecule has 0 N–H and O–H groups in total. The predicted octanol–water partition coefficient (Wildman–Crippen LogP) is -1.31. The van der Waals surface area contributed by atoms with Gasteiger partial charge in [0.2, 0.25) is 0 Å². The monoisotopic (exact) mass is 754 g/mol. The Bertz CT molecular complexity index is 16.5. The van der Waals surface area contributed by atoms with Crippen molar-refractivity contribution in [2.75, 3.05) is 0 Å². The van der Waals surface area contributed by atoms with E-state index in [1.54, 1.807) is 0 Å². The minimum atomic E-state index is 0. The summed E-state index contributed by atoms with van der Waals surface area (Å²) < 4.78 is 0. The molecule has 84 valence electrons. The molecule has 0 rings (SSSR count). The van der Waals surface area contributed by atoms with Gasteiger partial charge in [0.1, 0.15) is 0 Å². The molecule has 0 radical (unpaired) electrons. The fourth-order valence-electron chi connectivity index (χ4n) is 0. The van der Waals surface area contributed by atoms with Crippen molar-refractivity contribution >= 4 is 0 Å². The van der Waals surface area contributed by atoms with E-state index < -0.39 is 0 Å². The van der Waals surface area contributed by atoms with Crippen molar-refractivity contribution < 1.29 is 160 Å². The van der Waals surface area contributed by atoms with Gasteiger partial charge in [0, 0.05) is 0 Å². The van der Waals surface area contributed by atoms with Crippen molar-refractivity contribution in [1.29, 1.82) is 0 Å². The standard InChI is InChI=1S/11O.2U.2V/q11*-2;2*+6;2*+5. The summed E-state index contributed by atoms with van der Waals surface area (Å²) in [6, 6.07) is 0. The van der Waals surface area contributed by atoms with E-state index >= 15 is 0 Å². The Labute approximate surface area is 157 Å². The van der Waals surface area contributed by atoms with Crippen molar-refractivity contribution in [1.82, 2.24) is 0 Å². The summed E-state index contributed by atoms with van der Waals surface area (Å²) in [6.45, 7) is 0. The van der Waals surface area contributed by atoms with Crippen molar-refractivity contribution in [2.45, 2.75) is 0 Å². The summed E-state index contributed by atoms with van der Waals surface area (Å²) in [5.74, 6) is 0. The molecular weight excluding hydrogens is 754 g/mol. The number of hydrogen-bond acceptors (Lipinski definition) is 0. The maximum absolute atomic E-state index is 0. The van der Waals surface area contributed by atoms with Crippen LogP contribution in [0.2, 0.25) is 0 Å². The van der Waals surface area contributed by atoms with E-state index in [9.17, 15) is 0 Å². The average molecular weight is 754 g/mol. The third-order valence-electron chi connectivity index (χ3n) is 0. The molecule has 0 fully saturated rings. The first kappa shape index (κ1) is 630. The quantitative estimate of drug-likeness (QED) is 0.278. The Morgan fingerprint density at radius 2 is 0.200 bits per heavy atom. The van der Waals surface area contributed by atoms with Crippen LogP contribution in [0.25, 0.3) is 0 Å². The largest absolute Gasteiger partial charge is 6.00 e. The third-order valence-corrected chi connectivity index (χ3v) is 0. The maximum Gasteiger partial charge on any atom is 6.00 e. The zero-order valence-corrected chi connectivity index (χ0v) is 17.5. The first-order valence-corrected chi connectivity index (χ1v) is 0. The SMILES string of the molecule is [O-2].[O-2].[O-2].[O-2].[O-2].[O-2].[O-2].[O-2].[O-2].[O-2].[O-2].[U+6].[U+6].[V+5].[V+5]. The maximum atomic E-state index is 0. The van der Waals surface area contributed by atoms with E-state index in [1.165, 1.54) is 0 Å². The first-order chi connectivity index (χ1) is 0. The second kappa shape index (κ2) is 526. The van der Waals surface area contributed by atoms with Crippen LogP contribution in [-0.4, -0.2) is 0 Å². The summed E-state index contributed by atoms with van der Waals surface area (Å²) in [7, 11) is 0. The van der Waals surface area contributed by atoms with Crippen LogP contribution in [0.3, 0.4) is 0 Å². The smallest absolute Gasteiger partial charge is 2.00 e.